The molecule has 1 fully saturated rings. The third-order valence-corrected chi connectivity index (χ3v) is 5.06. The largest absolute Gasteiger partial charge is 0.475 e. The number of nitrogens with zero attached hydrogens (tertiary/aromatic N) is 5. The highest BCUT2D eigenvalue weighted by molar-refractivity contribution is 7.11. The highest BCUT2D eigenvalue weighted by Crippen LogP contribution is 2.46. The SMILES string of the molecule is Cc1nnc(Cc2nc(N)nc(OCC3CC3c3ccccn3)c2F)s1. The number of halogens is 1. The molecule has 26 heavy (non-hydrogen) atoms. The Morgan fingerprint density at radius 1 is 1.31 bits per heavy atom. The maximum absolute atomic E-state index is 14.7. The van der Waals surface area contributed by atoms with Crippen molar-refractivity contribution < 1.29 is 9.13 Å². The van der Waals surface area contributed by atoms with Gasteiger partial charge in [0.1, 0.15) is 10.0 Å². The predicted octanol–water partition coefficient (Wildman–Crippen LogP) is 2.53. The zero-order valence-electron chi connectivity index (χ0n) is 14.1. The molecule has 134 valence electrons. The monoisotopic (exact) mass is 372 g/mol. The van der Waals surface area contributed by atoms with Crippen LogP contribution in [0.3, 0.4) is 0 Å². The van der Waals surface area contributed by atoms with Gasteiger partial charge in [-0.2, -0.15) is 9.37 Å². The van der Waals surface area contributed by atoms with Crippen molar-refractivity contribution in [2.45, 2.75) is 25.7 Å². The molecule has 1 saturated carbocycles. The molecule has 1 aliphatic rings. The van der Waals surface area contributed by atoms with Crippen molar-refractivity contribution in [1.29, 1.82) is 0 Å². The van der Waals surface area contributed by atoms with E-state index in [9.17, 15) is 4.39 Å². The van der Waals surface area contributed by atoms with Crippen LogP contribution in [0.2, 0.25) is 0 Å². The van der Waals surface area contributed by atoms with Crippen LogP contribution in [0, 0.1) is 18.7 Å². The topological polar surface area (TPSA) is 99.7 Å². The predicted molar refractivity (Wildman–Crippen MR) is 94.4 cm³/mol. The molecule has 0 bridgehead atoms. The van der Waals surface area contributed by atoms with E-state index in [2.05, 4.69) is 25.1 Å². The van der Waals surface area contributed by atoms with E-state index in [0.29, 0.717) is 23.5 Å². The van der Waals surface area contributed by atoms with E-state index in [-0.39, 0.29) is 23.9 Å². The Balaban J connectivity index is 1.44. The van der Waals surface area contributed by atoms with Gasteiger partial charge in [-0.3, -0.25) is 4.98 Å². The van der Waals surface area contributed by atoms with Gasteiger partial charge in [-0.05, 0) is 25.5 Å². The number of nitrogens with two attached hydrogens (primary N) is 1. The van der Waals surface area contributed by atoms with Gasteiger partial charge in [-0.15, -0.1) is 21.5 Å². The zero-order chi connectivity index (χ0) is 18.1. The molecular weight excluding hydrogens is 355 g/mol. The molecule has 0 aliphatic heterocycles. The maximum atomic E-state index is 14.7. The molecule has 9 heteroatoms. The first kappa shape index (κ1) is 16.8. The number of aryl methyl sites for hydroxylation is 1. The summed E-state index contributed by atoms with van der Waals surface area (Å²) in [7, 11) is 0. The van der Waals surface area contributed by atoms with Gasteiger partial charge in [-0.1, -0.05) is 6.07 Å². The minimum absolute atomic E-state index is 0.0188. The minimum Gasteiger partial charge on any atom is -0.475 e. The lowest BCUT2D eigenvalue weighted by Crippen LogP contribution is -2.10. The molecule has 7 nitrogen and oxygen atoms in total. The van der Waals surface area contributed by atoms with Crippen LogP contribution in [0.5, 0.6) is 5.88 Å². The van der Waals surface area contributed by atoms with E-state index in [1.54, 1.807) is 6.20 Å². The molecule has 0 saturated heterocycles. The quantitative estimate of drug-likeness (QED) is 0.709. The summed E-state index contributed by atoms with van der Waals surface area (Å²) in [6.45, 7) is 2.21. The molecule has 3 aromatic rings. The Bertz CT molecular complexity index is 919. The number of anilines is 1. The second kappa shape index (κ2) is 6.91. The Kier molecular flexibility index (Phi) is 4.46. The Hall–Kier alpha value is -2.68. The van der Waals surface area contributed by atoms with E-state index in [4.69, 9.17) is 10.5 Å². The van der Waals surface area contributed by atoms with Crippen molar-refractivity contribution in [2.75, 3.05) is 12.3 Å². The number of hydrogen-bond donors (Lipinski definition) is 1. The minimum atomic E-state index is -0.595. The van der Waals surface area contributed by atoms with Crippen LogP contribution in [-0.2, 0) is 6.42 Å². The van der Waals surface area contributed by atoms with Crippen LogP contribution < -0.4 is 10.5 Å². The molecule has 2 unspecified atom stereocenters. The third-order valence-electron chi connectivity index (χ3n) is 4.22. The molecule has 2 N–H and O–H groups in total. The van der Waals surface area contributed by atoms with Crippen LogP contribution in [0.15, 0.2) is 24.4 Å². The fourth-order valence-corrected chi connectivity index (χ4v) is 3.54. The van der Waals surface area contributed by atoms with Gasteiger partial charge in [0.15, 0.2) is 0 Å². The van der Waals surface area contributed by atoms with Gasteiger partial charge in [-0.25, -0.2) is 4.98 Å². The first-order valence-corrected chi connectivity index (χ1v) is 9.06. The lowest BCUT2D eigenvalue weighted by molar-refractivity contribution is 0.269. The molecule has 0 spiro atoms. The highest BCUT2D eigenvalue weighted by atomic mass is 32.1. The van der Waals surface area contributed by atoms with Gasteiger partial charge in [0.2, 0.25) is 11.8 Å². The van der Waals surface area contributed by atoms with Crippen molar-refractivity contribution in [3.05, 3.63) is 51.6 Å². The number of rotatable bonds is 6. The summed E-state index contributed by atoms with van der Waals surface area (Å²) < 4.78 is 20.3. The van der Waals surface area contributed by atoms with E-state index in [1.807, 2.05) is 25.1 Å². The molecule has 3 aromatic heterocycles. The first-order chi connectivity index (χ1) is 12.6. The Labute approximate surface area is 153 Å². The standard InChI is InChI=1S/C17H17FN6OS/c1-9-23-24-14(26-9)7-13-15(18)16(22-17(19)21-13)25-8-10-6-11(10)12-4-2-3-5-20-12/h2-5,10-11H,6-8H2,1H3,(H2,19,21,22). The number of ether oxygens (including phenoxy) is 1. The Morgan fingerprint density at radius 2 is 2.19 bits per heavy atom. The lowest BCUT2D eigenvalue weighted by atomic mass is 10.2. The summed E-state index contributed by atoms with van der Waals surface area (Å²) >= 11 is 1.39. The van der Waals surface area contributed by atoms with E-state index in [1.165, 1.54) is 11.3 Å². The normalized spacial score (nSPS) is 18.7. The van der Waals surface area contributed by atoms with Crippen molar-refractivity contribution in [1.82, 2.24) is 25.1 Å². The van der Waals surface area contributed by atoms with Crippen molar-refractivity contribution in [2.24, 2.45) is 5.92 Å². The molecule has 0 amide bonds. The molecule has 0 radical (unpaired) electrons. The van der Waals surface area contributed by atoms with Crippen molar-refractivity contribution in [3.8, 4) is 5.88 Å². The van der Waals surface area contributed by atoms with Crippen LogP contribution in [0.4, 0.5) is 10.3 Å². The number of hydrogen-bond acceptors (Lipinski definition) is 8. The summed E-state index contributed by atoms with van der Waals surface area (Å²) in [5.41, 5.74) is 6.92. The number of nitrogen functional groups attached to an aromatic ring is 1. The average molecular weight is 372 g/mol. The molecule has 3 heterocycles. The van der Waals surface area contributed by atoms with Crippen LogP contribution in [-0.4, -0.2) is 31.8 Å². The molecule has 4 rings (SSSR count). The van der Waals surface area contributed by atoms with E-state index >= 15 is 0 Å². The van der Waals surface area contributed by atoms with Gasteiger partial charge < -0.3 is 10.5 Å². The summed E-state index contributed by atoms with van der Waals surface area (Å²) in [6.07, 6.45) is 2.95. The van der Waals surface area contributed by atoms with E-state index in [0.717, 1.165) is 17.1 Å². The lowest BCUT2D eigenvalue weighted by Gasteiger charge is -2.09. The molecule has 2 atom stereocenters. The van der Waals surface area contributed by atoms with Crippen molar-refractivity contribution >= 4 is 17.3 Å². The summed E-state index contributed by atoms with van der Waals surface area (Å²) in [6, 6.07) is 5.85. The Morgan fingerprint density at radius 3 is 2.92 bits per heavy atom. The highest BCUT2D eigenvalue weighted by Gasteiger charge is 2.40. The number of aromatic nitrogens is 5. The fourth-order valence-electron chi connectivity index (χ4n) is 2.83. The summed E-state index contributed by atoms with van der Waals surface area (Å²) in [4.78, 5) is 12.2. The number of pyridine rings is 1. The fraction of sp³-hybridized carbons (Fsp3) is 0.353. The van der Waals surface area contributed by atoms with Crippen LogP contribution in [0.25, 0.3) is 0 Å². The third kappa shape index (κ3) is 3.62. The van der Waals surface area contributed by atoms with Gasteiger partial charge in [0, 0.05) is 30.1 Å². The molecule has 0 aromatic carbocycles. The van der Waals surface area contributed by atoms with Crippen LogP contribution >= 0.6 is 11.3 Å². The molecular formula is C17H17FN6OS. The smallest absolute Gasteiger partial charge is 0.255 e. The average Bonchev–Trinajstić information content (AvgIpc) is 3.31. The maximum Gasteiger partial charge on any atom is 0.255 e. The zero-order valence-corrected chi connectivity index (χ0v) is 14.9. The molecule has 1 aliphatic carbocycles. The van der Waals surface area contributed by atoms with Gasteiger partial charge in [0.25, 0.3) is 5.88 Å². The first-order valence-electron chi connectivity index (χ1n) is 8.24. The van der Waals surface area contributed by atoms with Gasteiger partial charge >= 0.3 is 0 Å². The summed E-state index contributed by atoms with van der Waals surface area (Å²) in [5.74, 6) is -0.0748. The van der Waals surface area contributed by atoms with Crippen LogP contribution in [0.1, 0.15) is 33.7 Å². The van der Waals surface area contributed by atoms with E-state index < -0.39 is 5.82 Å². The van der Waals surface area contributed by atoms with Gasteiger partial charge in [0.05, 0.1) is 12.3 Å². The summed E-state index contributed by atoms with van der Waals surface area (Å²) in [5, 5.41) is 9.40. The second-order valence-corrected chi connectivity index (χ2v) is 7.47. The second-order valence-electron chi connectivity index (χ2n) is 6.21. The van der Waals surface area contributed by atoms with Crippen molar-refractivity contribution in [3.63, 3.8) is 0 Å².